The third-order valence-electron chi connectivity index (χ3n) is 4.98. The maximum atomic E-state index is 11.9. The minimum Gasteiger partial charge on any atom is -0.463 e. The number of esters is 2. The Morgan fingerprint density at radius 1 is 0.613 bits per heavy atom. The van der Waals surface area contributed by atoms with Gasteiger partial charge in [0.25, 0.3) is 0 Å². The Morgan fingerprint density at radius 2 is 0.968 bits per heavy atom. The number of rotatable bonds is 20. The molecule has 0 N–H and O–H groups in total. The lowest BCUT2D eigenvalue weighted by Gasteiger charge is -2.05. The van der Waals surface area contributed by atoms with Gasteiger partial charge in [0.2, 0.25) is 0 Å². The second-order valence-corrected chi connectivity index (χ2v) is 8.03. The summed E-state index contributed by atoms with van der Waals surface area (Å²) < 4.78 is 44.5. The smallest absolute Gasteiger partial charge is 0.422 e. The maximum Gasteiger partial charge on any atom is 0.422 e. The van der Waals surface area contributed by atoms with E-state index in [1.54, 1.807) is 0 Å². The average Bonchev–Trinajstić information content (AvgIpc) is 2.72. The molecule has 31 heavy (non-hydrogen) atoms. The zero-order chi connectivity index (χ0) is 23.2. The van der Waals surface area contributed by atoms with Crippen LogP contribution in [0.1, 0.15) is 110 Å². The number of halogens is 3. The molecular formula is C24H41F3O4. The highest BCUT2D eigenvalue weighted by molar-refractivity contribution is 5.91. The lowest BCUT2D eigenvalue weighted by Crippen LogP contribution is -2.19. The Balaban J connectivity index is 3.34. The normalized spacial score (nSPS) is 11.7. The van der Waals surface area contributed by atoms with E-state index < -0.39 is 24.7 Å². The van der Waals surface area contributed by atoms with E-state index in [1.807, 2.05) is 0 Å². The van der Waals surface area contributed by atoms with Crippen LogP contribution < -0.4 is 0 Å². The third-order valence-corrected chi connectivity index (χ3v) is 4.98. The van der Waals surface area contributed by atoms with Gasteiger partial charge in [-0.25, -0.2) is 9.59 Å². The van der Waals surface area contributed by atoms with Crippen molar-refractivity contribution in [2.75, 3.05) is 13.2 Å². The van der Waals surface area contributed by atoms with Crippen molar-refractivity contribution in [2.24, 2.45) is 0 Å². The molecule has 0 aliphatic carbocycles. The van der Waals surface area contributed by atoms with E-state index in [4.69, 9.17) is 4.74 Å². The highest BCUT2D eigenvalue weighted by Gasteiger charge is 2.29. The number of hydrogen-bond donors (Lipinski definition) is 0. The van der Waals surface area contributed by atoms with Crippen LogP contribution in [0.25, 0.3) is 0 Å². The molecule has 0 aromatic carbocycles. The number of ether oxygens (including phenoxy) is 2. The molecule has 4 nitrogen and oxygen atoms in total. The molecule has 0 aliphatic heterocycles. The second kappa shape index (κ2) is 20.4. The molecule has 182 valence electrons. The fraction of sp³-hybridized carbons (Fsp3) is 0.833. The zero-order valence-corrected chi connectivity index (χ0v) is 19.1. The van der Waals surface area contributed by atoms with E-state index in [2.05, 4.69) is 11.7 Å². The van der Waals surface area contributed by atoms with Gasteiger partial charge in [-0.05, 0) is 6.42 Å². The summed E-state index contributed by atoms with van der Waals surface area (Å²) in [4.78, 5) is 22.4. The molecule has 0 spiro atoms. The van der Waals surface area contributed by atoms with Crippen molar-refractivity contribution in [1.29, 1.82) is 0 Å². The Bertz CT molecular complexity index is 476. The molecule has 0 saturated carbocycles. The van der Waals surface area contributed by atoms with Gasteiger partial charge in [-0.2, -0.15) is 13.2 Å². The molecule has 0 saturated heterocycles. The van der Waals surface area contributed by atoms with Crippen LogP contribution in [0.2, 0.25) is 0 Å². The van der Waals surface area contributed by atoms with Crippen molar-refractivity contribution in [1.82, 2.24) is 0 Å². The SMILES string of the molecule is CCCCCCCCCCCCCCCCCCOC(=O)/C=C/C(=O)OCC(F)(F)F. The summed E-state index contributed by atoms with van der Waals surface area (Å²) in [6.45, 7) is 0.807. The van der Waals surface area contributed by atoms with Gasteiger partial charge >= 0.3 is 18.1 Å². The summed E-state index contributed by atoms with van der Waals surface area (Å²) in [5.74, 6) is -1.98. The average molecular weight is 451 g/mol. The Morgan fingerprint density at radius 3 is 1.35 bits per heavy atom. The van der Waals surface area contributed by atoms with Crippen LogP contribution in [0.4, 0.5) is 13.2 Å². The molecule has 0 radical (unpaired) electrons. The van der Waals surface area contributed by atoms with Crippen LogP contribution in [0.5, 0.6) is 0 Å². The van der Waals surface area contributed by atoms with E-state index in [9.17, 15) is 22.8 Å². The van der Waals surface area contributed by atoms with Gasteiger partial charge in [0, 0.05) is 12.2 Å². The summed E-state index contributed by atoms with van der Waals surface area (Å²) in [6.07, 6.45) is 16.9. The third kappa shape index (κ3) is 24.6. The van der Waals surface area contributed by atoms with Gasteiger partial charge in [0.05, 0.1) is 6.61 Å². The molecule has 0 aliphatic rings. The largest absolute Gasteiger partial charge is 0.463 e. The molecule has 0 bridgehead atoms. The molecule has 0 aromatic rings. The van der Waals surface area contributed by atoms with Crippen LogP contribution in [0.15, 0.2) is 12.2 Å². The summed E-state index contributed by atoms with van der Waals surface area (Å²) in [7, 11) is 0. The molecule has 0 amide bonds. The number of carbonyl (C=O) groups is 2. The van der Waals surface area contributed by atoms with Crippen LogP contribution in [-0.4, -0.2) is 31.3 Å². The highest BCUT2D eigenvalue weighted by atomic mass is 19.4. The minimum absolute atomic E-state index is 0.235. The number of carbonyl (C=O) groups excluding carboxylic acids is 2. The van der Waals surface area contributed by atoms with Gasteiger partial charge in [-0.1, -0.05) is 103 Å². The molecule has 0 unspecified atom stereocenters. The molecular weight excluding hydrogens is 409 g/mol. The first-order valence-electron chi connectivity index (χ1n) is 11.9. The van der Waals surface area contributed by atoms with E-state index >= 15 is 0 Å². The maximum absolute atomic E-state index is 11.9. The van der Waals surface area contributed by atoms with Gasteiger partial charge in [0.15, 0.2) is 6.61 Å². The molecule has 0 aromatic heterocycles. The Hall–Kier alpha value is -1.53. The van der Waals surface area contributed by atoms with Crippen molar-refractivity contribution in [3.63, 3.8) is 0 Å². The second-order valence-electron chi connectivity index (χ2n) is 8.03. The number of hydrogen-bond acceptors (Lipinski definition) is 4. The number of unbranched alkanes of at least 4 members (excludes halogenated alkanes) is 15. The van der Waals surface area contributed by atoms with Crippen LogP contribution in [0.3, 0.4) is 0 Å². The first-order chi connectivity index (χ1) is 14.8. The predicted octanol–water partition coefficient (Wildman–Crippen LogP) is 7.45. The lowest BCUT2D eigenvalue weighted by molar-refractivity contribution is -0.182. The standard InChI is InChI=1S/C24H41F3O4/c1-2-3-4-5-6-7-8-9-10-11-12-13-14-15-16-17-20-30-22(28)18-19-23(29)31-21-24(25,26)27/h18-19H,2-17,20-21H2,1H3/b19-18+. The molecule has 0 atom stereocenters. The monoisotopic (exact) mass is 450 g/mol. The lowest BCUT2D eigenvalue weighted by atomic mass is 10.0. The van der Waals surface area contributed by atoms with Crippen molar-refractivity contribution in [3.05, 3.63) is 12.2 Å². The van der Waals surface area contributed by atoms with Crippen LogP contribution in [-0.2, 0) is 19.1 Å². The highest BCUT2D eigenvalue weighted by Crippen LogP contribution is 2.15. The van der Waals surface area contributed by atoms with E-state index in [0.717, 1.165) is 25.3 Å². The van der Waals surface area contributed by atoms with Crippen LogP contribution in [0, 0.1) is 0 Å². The first-order valence-corrected chi connectivity index (χ1v) is 11.9. The van der Waals surface area contributed by atoms with Crippen molar-refractivity contribution in [2.45, 2.75) is 116 Å². The first kappa shape index (κ1) is 29.5. The quantitative estimate of drug-likeness (QED) is 0.110. The van der Waals surface area contributed by atoms with Gasteiger partial charge < -0.3 is 9.47 Å². The van der Waals surface area contributed by atoms with E-state index in [0.29, 0.717) is 6.08 Å². The van der Waals surface area contributed by atoms with Gasteiger partial charge in [-0.15, -0.1) is 0 Å². The summed E-state index contributed by atoms with van der Waals surface area (Å²) in [5.41, 5.74) is 0. The minimum atomic E-state index is -4.59. The fourth-order valence-electron chi connectivity index (χ4n) is 3.21. The van der Waals surface area contributed by atoms with Crippen LogP contribution >= 0.6 is 0 Å². The summed E-state index contributed by atoms with van der Waals surface area (Å²) >= 11 is 0. The molecule has 7 heteroatoms. The van der Waals surface area contributed by atoms with Crippen molar-refractivity contribution >= 4 is 11.9 Å². The van der Waals surface area contributed by atoms with Crippen molar-refractivity contribution in [3.8, 4) is 0 Å². The summed E-state index contributed by atoms with van der Waals surface area (Å²) in [5, 5.41) is 0. The zero-order valence-electron chi connectivity index (χ0n) is 19.1. The summed E-state index contributed by atoms with van der Waals surface area (Å²) in [6, 6.07) is 0. The topological polar surface area (TPSA) is 52.6 Å². The molecule has 0 rings (SSSR count). The Labute approximate surface area is 185 Å². The molecule has 0 fully saturated rings. The molecule has 0 heterocycles. The van der Waals surface area contributed by atoms with Gasteiger partial charge in [-0.3, -0.25) is 0 Å². The fourth-order valence-corrected chi connectivity index (χ4v) is 3.21. The van der Waals surface area contributed by atoms with E-state index in [-0.39, 0.29) is 6.61 Å². The Kier molecular flexibility index (Phi) is 19.4. The van der Waals surface area contributed by atoms with Crippen molar-refractivity contribution < 1.29 is 32.2 Å². The van der Waals surface area contributed by atoms with Gasteiger partial charge in [0.1, 0.15) is 0 Å². The predicted molar refractivity (Wildman–Crippen MR) is 117 cm³/mol. The van der Waals surface area contributed by atoms with E-state index in [1.165, 1.54) is 83.5 Å². The number of alkyl halides is 3.